The van der Waals surface area contributed by atoms with Gasteiger partial charge in [0.1, 0.15) is 22.9 Å². The van der Waals surface area contributed by atoms with Crippen molar-refractivity contribution in [2.45, 2.75) is 57.0 Å². The number of halogens is 6. The molecule has 14 heteroatoms. The predicted octanol–water partition coefficient (Wildman–Crippen LogP) is 3.59. The maximum atomic E-state index is 14.9. The molecule has 1 amide bonds. The van der Waals surface area contributed by atoms with E-state index in [-0.39, 0.29) is 42.8 Å². The van der Waals surface area contributed by atoms with Crippen LogP contribution in [0.3, 0.4) is 0 Å². The van der Waals surface area contributed by atoms with Gasteiger partial charge in [-0.3, -0.25) is 14.2 Å². The number of nitrogens with one attached hydrogen (secondary N) is 1. The second-order valence-corrected chi connectivity index (χ2v) is 10.1. The summed E-state index contributed by atoms with van der Waals surface area (Å²) in [5.74, 6) is -5.14. The largest absolute Gasteiger partial charge is 0.391 e. The zero-order chi connectivity index (χ0) is 29.6. The van der Waals surface area contributed by atoms with E-state index in [2.05, 4.69) is 10.3 Å². The molecular formula is C26H26F6N4O4. The van der Waals surface area contributed by atoms with Crippen LogP contribution in [0.25, 0.3) is 16.7 Å². The molecule has 4 rings (SSSR count). The maximum absolute atomic E-state index is 14.9. The number of aliphatic hydroxyl groups excluding tert-OH is 2. The first-order valence-electron chi connectivity index (χ1n) is 12.3. The Kier molecular flexibility index (Phi) is 7.87. The highest BCUT2D eigenvalue weighted by molar-refractivity contribution is 5.97. The van der Waals surface area contributed by atoms with Crippen LogP contribution in [0, 0.1) is 17.5 Å². The predicted molar refractivity (Wildman–Crippen MR) is 133 cm³/mol. The Bertz CT molecular complexity index is 1480. The molecule has 1 aliphatic heterocycles. The number of amides is 1. The minimum Gasteiger partial charge on any atom is -0.389 e. The Morgan fingerprint density at radius 2 is 1.70 bits per heavy atom. The molecule has 3 aromatic rings. The van der Waals surface area contributed by atoms with Crippen molar-refractivity contribution in [2.75, 3.05) is 18.0 Å². The zero-order valence-corrected chi connectivity index (χ0v) is 21.4. The molecule has 216 valence electrons. The lowest BCUT2D eigenvalue weighted by Gasteiger charge is -2.31. The van der Waals surface area contributed by atoms with Crippen LogP contribution in [0.15, 0.2) is 35.3 Å². The summed E-state index contributed by atoms with van der Waals surface area (Å²) in [5.41, 5.74) is -4.73. The molecule has 1 saturated heterocycles. The van der Waals surface area contributed by atoms with Crippen LogP contribution in [-0.4, -0.2) is 62.7 Å². The number of aromatic nitrogens is 2. The van der Waals surface area contributed by atoms with Crippen molar-refractivity contribution in [3.8, 4) is 5.69 Å². The van der Waals surface area contributed by atoms with Gasteiger partial charge in [0.15, 0.2) is 17.3 Å². The molecule has 1 aliphatic rings. The van der Waals surface area contributed by atoms with Crippen molar-refractivity contribution in [3.63, 3.8) is 0 Å². The zero-order valence-electron chi connectivity index (χ0n) is 21.4. The summed E-state index contributed by atoms with van der Waals surface area (Å²) in [6.07, 6.45) is -7.31. The molecule has 0 saturated carbocycles. The van der Waals surface area contributed by atoms with Gasteiger partial charge < -0.3 is 20.4 Å². The molecule has 40 heavy (non-hydrogen) atoms. The van der Waals surface area contributed by atoms with Gasteiger partial charge in [0, 0.05) is 37.0 Å². The van der Waals surface area contributed by atoms with Gasteiger partial charge >= 0.3 is 6.18 Å². The normalized spacial score (nSPS) is 19.2. The monoisotopic (exact) mass is 572 g/mol. The summed E-state index contributed by atoms with van der Waals surface area (Å²) in [6.45, 7) is 2.71. The van der Waals surface area contributed by atoms with Gasteiger partial charge in [-0.1, -0.05) is 13.3 Å². The van der Waals surface area contributed by atoms with Crippen LogP contribution >= 0.6 is 0 Å². The first-order chi connectivity index (χ1) is 18.6. The van der Waals surface area contributed by atoms with Crippen LogP contribution in [0.4, 0.5) is 32.2 Å². The smallest absolute Gasteiger partial charge is 0.389 e. The highest BCUT2D eigenvalue weighted by Crippen LogP contribution is 2.31. The van der Waals surface area contributed by atoms with Crippen molar-refractivity contribution in [3.05, 3.63) is 63.7 Å². The van der Waals surface area contributed by atoms with Gasteiger partial charge in [0.2, 0.25) is 5.43 Å². The lowest BCUT2D eigenvalue weighted by atomic mass is 9.91. The summed E-state index contributed by atoms with van der Waals surface area (Å²) in [5, 5.41) is 21.7. The summed E-state index contributed by atoms with van der Waals surface area (Å²) >= 11 is 0. The number of carbonyl (C=O) groups excluding carboxylic acids is 1. The third-order valence-electron chi connectivity index (χ3n) is 6.69. The molecule has 1 fully saturated rings. The number of pyridine rings is 2. The van der Waals surface area contributed by atoms with Gasteiger partial charge in [0.25, 0.3) is 5.91 Å². The van der Waals surface area contributed by atoms with Gasteiger partial charge in [-0.05, 0) is 25.5 Å². The summed E-state index contributed by atoms with van der Waals surface area (Å²) in [4.78, 5) is 32.3. The molecule has 2 aromatic heterocycles. The van der Waals surface area contributed by atoms with E-state index in [1.807, 2.05) is 0 Å². The number of fused-ring (bicyclic) bond motifs is 1. The fourth-order valence-electron chi connectivity index (χ4n) is 4.95. The summed E-state index contributed by atoms with van der Waals surface area (Å²) in [7, 11) is 0. The molecule has 1 unspecified atom stereocenters. The number of β-amino-alcohol motifs (C(OH)–C–C–N with tert-alkyl or cyclic N) is 2. The average Bonchev–Trinajstić information content (AvgIpc) is 3.16. The molecule has 0 aliphatic carbocycles. The van der Waals surface area contributed by atoms with E-state index in [9.17, 15) is 46.1 Å². The number of hydrogen-bond donors (Lipinski definition) is 3. The molecule has 8 nitrogen and oxygen atoms in total. The van der Waals surface area contributed by atoms with E-state index < -0.39 is 70.4 Å². The molecule has 0 spiro atoms. The third kappa shape index (κ3) is 5.92. The molecule has 3 heterocycles. The van der Waals surface area contributed by atoms with E-state index in [1.54, 1.807) is 6.92 Å². The van der Waals surface area contributed by atoms with Crippen molar-refractivity contribution in [1.82, 2.24) is 14.9 Å². The third-order valence-corrected chi connectivity index (χ3v) is 6.69. The van der Waals surface area contributed by atoms with Crippen LogP contribution in [0.2, 0.25) is 0 Å². The van der Waals surface area contributed by atoms with E-state index in [1.165, 1.54) is 24.0 Å². The van der Waals surface area contributed by atoms with Crippen molar-refractivity contribution in [1.29, 1.82) is 0 Å². The first-order valence-corrected chi connectivity index (χ1v) is 12.3. The fraction of sp³-hybridized carbons (Fsp3) is 0.423. The Hall–Kier alpha value is -3.65. The first kappa shape index (κ1) is 29.3. The topological polar surface area (TPSA) is 108 Å². The Morgan fingerprint density at radius 1 is 1.10 bits per heavy atom. The van der Waals surface area contributed by atoms with E-state index in [4.69, 9.17) is 0 Å². The molecule has 1 aromatic carbocycles. The quantitative estimate of drug-likeness (QED) is 0.374. The van der Waals surface area contributed by atoms with E-state index in [0.717, 1.165) is 6.20 Å². The second kappa shape index (κ2) is 10.7. The number of nitrogens with zero attached hydrogens (tertiary/aromatic N) is 3. The molecule has 0 radical (unpaired) electrons. The van der Waals surface area contributed by atoms with Gasteiger partial charge in [-0.2, -0.15) is 13.2 Å². The number of anilines is 1. The summed E-state index contributed by atoms with van der Waals surface area (Å²) in [6, 6.07) is 3.27. The maximum Gasteiger partial charge on any atom is 0.391 e. The Labute approximate surface area is 223 Å². The van der Waals surface area contributed by atoms with Crippen LogP contribution < -0.4 is 15.6 Å². The lowest BCUT2D eigenvalue weighted by Crippen LogP contribution is -2.49. The van der Waals surface area contributed by atoms with Crippen LogP contribution in [0.1, 0.15) is 43.5 Å². The van der Waals surface area contributed by atoms with Crippen molar-refractivity contribution >= 4 is 22.8 Å². The average molecular weight is 573 g/mol. The Morgan fingerprint density at radius 3 is 2.25 bits per heavy atom. The number of aliphatic hydroxyl groups is 2. The summed E-state index contributed by atoms with van der Waals surface area (Å²) < 4.78 is 84.0. The molecular weight excluding hydrogens is 546 g/mol. The van der Waals surface area contributed by atoms with Gasteiger partial charge in [-0.25, -0.2) is 18.2 Å². The number of rotatable bonds is 7. The standard InChI is InChI=1S/C26H26F6N4O4/c1-3-6-25(2,12-26(30,31)32)34-24(40)15-9-36(21-16(28)7-13(27)8-17(21)29)23-14(22(15)39)4-5-20(33-23)35-10-18(37)19(38)11-35/h4-5,7-9,18-19,37-38H,3,6,10-12H2,1-2H3,(H,34,40)/t18-,19-,25?/m1/s1. The van der Waals surface area contributed by atoms with Crippen LogP contribution in [0.5, 0.6) is 0 Å². The second-order valence-electron chi connectivity index (χ2n) is 10.1. The van der Waals surface area contributed by atoms with Gasteiger partial charge in [-0.15, -0.1) is 0 Å². The number of hydrogen-bond acceptors (Lipinski definition) is 6. The molecule has 0 bridgehead atoms. The van der Waals surface area contributed by atoms with Gasteiger partial charge in [0.05, 0.1) is 24.0 Å². The van der Waals surface area contributed by atoms with E-state index >= 15 is 0 Å². The highest BCUT2D eigenvalue weighted by atomic mass is 19.4. The highest BCUT2D eigenvalue weighted by Gasteiger charge is 2.40. The van der Waals surface area contributed by atoms with Crippen LogP contribution in [-0.2, 0) is 0 Å². The number of carbonyl (C=O) groups is 1. The number of alkyl halides is 3. The van der Waals surface area contributed by atoms with E-state index in [0.29, 0.717) is 16.7 Å². The minimum absolute atomic E-state index is 0.0428. The molecule has 3 atom stereocenters. The number of benzene rings is 1. The SMILES string of the molecule is CCCC(C)(CC(F)(F)F)NC(=O)c1cn(-c2c(F)cc(F)cc2F)c2nc(N3C[C@@H](O)[C@H](O)C3)ccc2c1=O. The lowest BCUT2D eigenvalue weighted by molar-refractivity contribution is -0.148. The fourth-order valence-corrected chi connectivity index (χ4v) is 4.95. The van der Waals surface area contributed by atoms with Crippen molar-refractivity contribution < 1.29 is 41.4 Å². The molecule has 3 N–H and O–H groups in total. The minimum atomic E-state index is -4.64. The van der Waals surface area contributed by atoms with Crippen molar-refractivity contribution in [2.24, 2.45) is 0 Å². The Balaban J connectivity index is 1.91.